The highest BCUT2D eigenvalue weighted by molar-refractivity contribution is 7.91. The summed E-state index contributed by atoms with van der Waals surface area (Å²) in [6, 6.07) is 7.19. The predicted molar refractivity (Wildman–Crippen MR) is 86.8 cm³/mol. The largest absolute Gasteiger partial charge is 0.356 e. The van der Waals surface area contributed by atoms with Crippen LogP contribution >= 0.6 is 0 Å². The second-order valence-corrected chi connectivity index (χ2v) is 8.17. The first kappa shape index (κ1) is 16.0. The molecule has 3 rings (SSSR count). The number of carbonyl (C=O) groups is 1. The van der Waals surface area contributed by atoms with Gasteiger partial charge in [0, 0.05) is 18.0 Å². The minimum absolute atomic E-state index is 0.0678. The SMILES string of the molecule is CCCN(C(=O)Cc1noc2ccccc12)C1CCS(=O)(=O)C1. The topological polar surface area (TPSA) is 80.5 Å². The lowest BCUT2D eigenvalue weighted by atomic mass is 10.1. The number of hydrogen-bond acceptors (Lipinski definition) is 5. The Morgan fingerprint density at radius 2 is 2.17 bits per heavy atom. The van der Waals surface area contributed by atoms with Gasteiger partial charge in [-0.25, -0.2) is 8.42 Å². The molecule has 2 heterocycles. The van der Waals surface area contributed by atoms with E-state index in [0.29, 0.717) is 24.2 Å². The Morgan fingerprint density at radius 1 is 1.39 bits per heavy atom. The van der Waals surface area contributed by atoms with Gasteiger partial charge < -0.3 is 9.42 Å². The van der Waals surface area contributed by atoms with Gasteiger partial charge in [0.05, 0.1) is 17.9 Å². The third-order valence-electron chi connectivity index (χ3n) is 4.20. The van der Waals surface area contributed by atoms with Crippen molar-refractivity contribution in [3.8, 4) is 0 Å². The lowest BCUT2D eigenvalue weighted by molar-refractivity contribution is -0.132. The van der Waals surface area contributed by atoms with Crippen LogP contribution in [0.4, 0.5) is 0 Å². The van der Waals surface area contributed by atoms with E-state index in [9.17, 15) is 13.2 Å². The van der Waals surface area contributed by atoms with Gasteiger partial charge in [0.2, 0.25) is 5.91 Å². The van der Waals surface area contributed by atoms with E-state index >= 15 is 0 Å². The Balaban J connectivity index is 1.79. The minimum atomic E-state index is -3.02. The van der Waals surface area contributed by atoms with E-state index in [4.69, 9.17) is 4.52 Å². The van der Waals surface area contributed by atoms with Crippen LogP contribution in [0.3, 0.4) is 0 Å². The van der Waals surface area contributed by atoms with Crippen molar-refractivity contribution in [1.29, 1.82) is 0 Å². The van der Waals surface area contributed by atoms with Gasteiger partial charge in [-0.3, -0.25) is 4.79 Å². The van der Waals surface area contributed by atoms with Gasteiger partial charge in [0.25, 0.3) is 0 Å². The van der Waals surface area contributed by atoms with E-state index in [1.54, 1.807) is 4.90 Å². The maximum absolute atomic E-state index is 12.7. The number of para-hydroxylation sites is 1. The predicted octanol–water partition coefficient (Wildman–Crippen LogP) is 1.80. The molecule has 1 unspecified atom stereocenters. The van der Waals surface area contributed by atoms with Gasteiger partial charge in [0.15, 0.2) is 15.4 Å². The molecule has 0 bridgehead atoms. The molecule has 1 aromatic carbocycles. The Kier molecular flexibility index (Phi) is 4.39. The standard InChI is InChI=1S/C16H20N2O4S/c1-2-8-18(12-7-9-23(20,21)11-12)16(19)10-14-13-5-3-4-6-15(13)22-17-14/h3-6,12H,2,7-11H2,1H3. The monoisotopic (exact) mass is 336 g/mol. The van der Waals surface area contributed by atoms with Crippen LogP contribution in [0.5, 0.6) is 0 Å². The van der Waals surface area contributed by atoms with Crippen molar-refractivity contribution < 1.29 is 17.7 Å². The van der Waals surface area contributed by atoms with E-state index in [0.717, 1.165) is 11.8 Å². The van der Waals surface area contributed by atoms with Crippen molar-refractivity contribution >= 4 is 26.7 Å². The van der Waals surface area contributed by atoms with E-state index in [2.05, 4.69) is 5.16 Å². The summed E-state index contributed by atoms with van der Waals surface area (Å²) in [4.78, 5) is 14.4. The number of fused-ring (bicyclic) bond motifs is 1. The molecule has 0 N–H and O–H groups in total. The smallest absolute Gasteiger partial charge is 0.229 e. The molecule has 1 aromatic heterocycles. The van der Waals surface area contributed by atoms with Crippen molar-refractivity contribution in [3.63, 3.8) is 0 Å². The maximum atomic E-state index is 12.7. The number of nitrogens with zero attached hydrogens (tertiary/aromatic N) is 2. The third-order valence-corrected chi connectivity index (χ3v) is 5.96. The van der Waals surface area contributed by atoms with Crippen LogP contribution in [-0.2, 0) is 21.1 Å². The van der Waals surface area contributed by atoms with Crippen LogP contribution in [0.1, 0.15) is 25.5 Å². The zero-order valence-electron chi connectivity index (χ0n) is 13.1. The molecule has 6 nitrogen and oxygen atoms in total. The van der Waals surface area contributed by atoms with Gasteiger partial charge in [-0.15, -0.1) is 0 Å². The van der Waals surface area contributed by atoms with Crippen LogP contribution in [-0.4, -0.2) is 48.5 Å². The maximum Gasteiger partial charge on any atom is 0.229 e. The van der Waals surface area contributed by atoms with Crippen LogP contribution in [0.2, 0.25) is 0 Å². The number of sulfone groups is 1. The Hall–Kier alpha value is -1.89. The van der Waals surface area contributed by atoms with Gasteiger partial charge in [0.1, 0.15) is 5.69 Å². The summed E-state index contributed by atoms with van der Waals surface area (Å²) >= 11 is 0. The Bertz CT molecular complexity index is 812. The first-order valence-corrected chi connectivity index (χ1v) is 9.65. The van der Waals surface area contributed by atoms with Crippen molar-refractivity contribution in [3.05, 3.63) is 30.0 Å². The molecule has 0 radical (unpaired) electrons. The molecule has 0 aliphatic carbocycles. The number of benzene rings is 1. The van der Waals surface area contributed by atoms with Crippen LogP contribution in [0.15, 0.2) is 28.8 Å². The number of rotatable bonds is 5. The van der Waals surface area contributed by atoms with Gasteiger partial charge in [-0.05, 0) is 25.0 Å². The lowest BCUT2D eigenvalue weighted by Gasteiger charge is -2.27. The zero-order chi connectivity index (χ0) is 16.4. The molecule has 1 aliphatic rings. The summed E-state index contributed by atoms with van der Waals surface area (Å²) in [7, 11) is -3.02. The first-order chi connectivity index (χ1) is 11.0. The summed E-state index contributed by atoms with van der Waals surface area (Å²) in [6.45, 7) is 2.55. The molecular weight excluding hydrogens is 316 g/mol. The molecule has 124 valence electrons. The summed E-state index contributed by atoms with van der Waals surface area (Å²) < 4.78 is 28.6. The molecule has 1 fully saturated rings. The highest BCUT2D eigenvalue weighted by atomic mass is 32.2. The van der Waals surface area contributed by atoms with Gasteiger partial charge in [-0.2, -0.15) is 0 Å². The summed E-state index contributed by atoms with van der Waals surface area (Å²) in [5.41, 5.74) is 1.26. The molecular formula is C16H20N2O4S. The quantitative estimate of drug-likeness (QED) is 0.831. The molecule has 0 spiro atoms. The summed E-state index contributed by atoms with van der Waals surface area (Å²) in [6.07, 6.45) is 1.45. The van der Waals surface area contributed by atoms with Crippen molar-refractivity contribution in [2.75, 3.05) is 18.1 Å². The molecule has 1 saturated heterocycles. The first-order valence-electron chi connectivity index (χ1n) is 7.83. The number of amides is 1. The van der Waals surface area contributed by atoms with E-state index in [1.807, 2.05) is 31.2 Å². The van der Waals surface area contributed by atoms with Crippen molar-refractivity contribution in [1.82, 2.24) is 10.1 Å². The van der Waals surface area contributed by atoms with Crippen LogP contribution < -0.4 is 0 Å². The number of carbonyl (C=O) groups excluding carboxylic acids is 1. The highest BCUT2D eigenvalue weighted by Gasteiger charge is 2.34. The summed E-state index contributed by atoms with van der Waals surface area (Å²) in [5.74, 6) is 0.143. The average Bonchev–Trinajstić information content (AvgIpc) is 3.08. The zero-order valence-corrected chi connectivity index (χ0v) is 13.9. The third kappa shape index (κ3) is 3.39. The van der Waals surface area contributed by atoms with Crippen LogP contribution in [0, 0.1) is 0 Å². The molecule has 23 heavy (non-hydrogen) atoms. The highest BCUT2D eigenvalue weighted by Crippen LogP contribution is 2.22. The number of aromatic nitrogens is 1. The summed E-state index contributed by atoms with van der Waals surface area (Å²) in [5, 5.41) is 4.82. The minimum Gasteiger partial charge on any atom is -0.356 e. The van der Waals surface area contributed by atoms with Crippen molar-refractivity contribution in [2.45, 2.75) is 32.2 Å². The molecule has 2 aromatic rings. The van der Waals surface area contributed by atoms with E-state index in [-0.39, 0.29) is 29.9 Å². The molecule has 1 aliphatic heterocycles. The normalized spacial score (nSPS) is 20.0. The fourth-order valence-corrected chi connectivity index (χ4v) is 4.81. The number of hydrogen-bond donors (Lipinski definition) is 0. The van der Waals surface area contributed by atoms with E-state index in [1.165, 1.54) is 0 Å². The lowest BCUT2D eigenvalue weighted by Crippen LogP contribution is -2.42. The Morgan fingerprint density at radius 3 is 2.87 bits per heavy atom. The molecule has 1 amide bonds. The van der Waals surface area contributed by atoms with Gasteiger partial charge >= 0.3 is 0 Å². The second kappa shape index (κ2) is 6.31. The van der Waals surface area contributed by atoms with Crippen molar-refractivity contribution in [2.24, 2.45) is 0 Å². The molecule has 7 heteroatoms. The Labute approximate surface area is 135 Å². The molecule has 0 saturated carbocycles. The molecule has 1 atom stereocenters. The fraction of sp³-hybridized carbons (Fsp3) is 0.500. The van der Waals surface area contributed by atoms with E-state index < -0.39 is 9.84 Å². The second-order valence-electron chi connectivity index (χ2n) is 5.95. The van der Waals surface area contributed by atoms with Gasteiger partial charge in [-0.1, -0.05) is 24.2 Å². The van der Waals surface area contributed by atoms with Crippen LogP contribution in [0.25, 0.3) is 11.0 Å². The fourth-order valence-electron chi connectivity index (χ4n) is 3.08. The average molecular weight is 336 g/mol.